The van der Waals surface area contributed by atoms with Crippen LogP contribution in [0.1, 0.15) is 67.4 Å². The smallest absolute Gasteiger partial charge is 0.274 e. The minimum absolute atomic E-state index is 0.0759. The van der Waals surface area contributed by atoms with E-state index in [1.807, 2.05) is 44.2 Å². The highest BCUT2D eigenvalue weighted by atomic mass is 16.6. The van der Waals surface area contributed by atoms with Crippen LogP contribution in [-0.2, 0) is 32.0 Å². The summed E-state index contributed by atoms with van der Waals surface area (Å²) in [5.74, 6) is -1.54. The number of pyridine rings is 1. The number of ketones is 2. The molecule has 3 aromatic rings. The molecule has 3 unspecified atom stereocenters. The van der Waals surface area contributed by atoms with Gasteiger partial charge in [0.15, 0.2) is 17.3 Å². The summed E-state index contributed by atoms with van der Waals surface area (Å²) in [5.41, 5.74) is 1.03. The lowest BCUT2D eigenvalue weighted by molar-refractivity contribution is -0.134. The van der Waals surface area contributed by atoms with E-state index in [2.05, 4.69) is 20.8 Å². The molecule has 1 aliphatic heterocycles. The minimum Gasteiger partial charge on any atom is -0.361 e. The number of hydrogen-bond donors (Lipinski definition) is 2. The van der Waals surface area contributed by atoms with Crippen molar-refractivity contribution in [2.24, 2.45) is 11.8 Å². The number of ether oxygens (including phenoxy) is 1. The van der Waals surface area contributed by atoms with Gasteiger partial charge in [-0.2, -0.15) is 0 Å². The van der Waals surface area contributed by atoms with Crippen LogP contribution in [-0.4, -0.2) is 57.8 Å². The predicted molar refractivity (Wildman–Crippen MR) is 159 cm³/mol. The summed E-state index contributed by atoms with van der Waals surface area (Å²) in [6.45, 7) is 7.69. The van der Waals surface area contributed by atoms with Gasteiger partial charge in [0.2, 0.25) is 5.91 Å². The third-order valence-electron chi connectivity index (χ3n) is 7.61. The Kier molecular flexibility index (Phi) is 10.6. The zero-order chi connectivity index (χ0) is 31.0. The van der Waals surface area contributed by atoms with Crippen LogP contribution >= 0.6 is 0 Å². The van der Waals surface area contributed by atoms with Crippen molar-refractivity contribution >= 4 is 23.4 Å². The van der Waals surface area contributed by atoms with Crippen LogP contribution in [0.25, 0.3) is 0 Å². The number of aryl methyl sites for hydroxylation is 2. The van der Waals surface area contributed by atoms with Crippen LogP contribution < -0.4 is 10.6 Å². The largest absolute Gasteiger partial charge is 0.361 e. The number of epoxide rings is 1. The van der Waals surface area contributed by atoms with E-state index in [9.17, 15) is 19.2 Å². The molecule has 0 saturated carbocycles. The Morgan fingerprint density at radius 1 is 0.977 bits per heavy atom. The van der Waals surface area contributed by atoms with Gasteiger partial charge in [0.05, 0.1) is 18.7 Å². The number of carbonyl (C=O) groups excluding carboxylic acids is 4. The lowest BCUT2D eigenvalue weighted by Gasteiger charge is -2.25. The van der Waals surface area contributed by atoms with Crippen LogP contribution in [0.15, 0.2) is 65.4 Å². The minimum atomic E-state index is -0.893. The Balaban J connectivity index is 1.54. The van der Waals surface area contributed by atoms with Gasteiger partial charge in [-0.15, -0.1) is 0 Å². The lowest BCUT2D eigenvalue weighted by Crippen LogP contribution is -2.49. The molecule has 4 atom stereocenters. The summed E-state index contributed by atoms with van der Waals surface area (Å²) in [7, 11) is 0. The molecule has 2 N–H and O–H groups in total. The zero-order valence-electron chi connectivity index (χ0n) is 25.2. The van der Waals surface area contributed by atoms with E-state index in [1.165, 1.54) is 6.07 Å². The second-order valence-corrected chi connectivity index (χ2v) is 11.9. The maximum atomic E-state index is 13.9. The van der Waals surface area contributed by atoms with Gasteiger partial charge >= 0.3 is 0 Å². The molecule has 0 radical (unpaired) electrons. The summed E-state index contributed by atoms with van der Waals surface area (Å²) < 4.78 is 10.4. The van der Waals surface area contributed by atoms with Gasteiger partial charge in [-0.3, -0.25) is 24.2 Å². The SMILES string of the molecule is Cc1cc(C(=O)NC(CCc2ccccc2)C(=O)C[C@@H](Cc2ccncc2)C(=O)NC(CC(C)C)C(=O)C2(C)CO2)no1. The highest BCUT2D eigenvalue weighted by Gasteiger charge is 2.50. The van der Waals surface area contributed by atoms with Crippen LogP contribution in [0.4, 0.5) is 0 Å². The molecule has 43 heavy (non-hydrogen) atoms. The molecular weight excluding hydrogens is 548 g/mol. The van der Waals surface area contributed by atoms with Gasteiger partial charge < -0.3 is 19.9 Å². The van der Waals surface area contributed by atoms with Crippen molar-refractivity contribution in [1.82, 2.24) is 20.8 Å². The molecule has 2 amide bonds. The Morgan fingerprint density at radius 3 is 2.28 bits per heavy atom. The summed E-state index contributed by atoms with van der Waals surface area (Å²) >= 11 is 0. The third kappa shape index (κ3) is 9.15. The van der Waals surface area contributed by atoms with E-state index < -0.39 is 35.4 Å². The molecule has 228 valence electrons. The van der Waals surface area contributed by atoms with E-state index in [0.29, 0.717) is 31.6 Å². The molecule has 2 aromatic heterocycles. The first kappa shape index (κ1) is 31.7. The van der Waals surface area contributed by atoms with E-state index in [4.69, 9.17) is 9.26 Å². The van der Waals surface area contributed by atoms with Gasteiger partial charge in [0.25, 0.3) is 5.91 Å². The van der Waals surface area contributed by atoms with Gasteiger partial charge in [-0.05, 0) is 68.7 Å². The van der Waals surface area contributed by atoms with E-state index in [-0.39, 0.29) is 36.0 Å². The number of hydrogen-bond acceptors (Lipinski definition) is 8. The quantitative estimate of drug-likeness (QED) is 0.241. The van der Waals surface area contributed by atoms with Crippen molar-refractivity contribution in [2.45, 2.75) is 77.5 Å². The van der Waals surface area contributed by atoms with E-state index in [0.717, 1.165) is 11.1 Å². The number of nitrogens with zero attached hydrogens (tertiary/aromatic N) is 2. The Morgan fingerprint density at radius 2 is 1.67 bits per heavy atom. The summed E-state index contributed by atoms with van der Waals surface area (Å²) in [6, 6.07) is 13.1. The number of amides is 2. The zero-order valence-corrected chi connectivity index (χ0v) is 25.2. The Hall–Kier alpha value is -4.18. The summed E-state index contributed by atoms with van der Waals surface area (Å²) in [5, 5.41) is 9.53. The van der Waals surface area contributed by atoms with Crippen LogP contribution in [0, 0.1) is 18.8 Å². The van der Waals surface area contributed by atoms with E-state index >= 15 is 0 Å². The third-order valence-corrected chi connectivity index (χ3v) is 7.61. The number of carbonyl (C=O) groups is 4. The predicted octanol–water partition coefficient (Wildman–Crippen LogP) is 3.82. The van der Waals surface area contributed by atoms with Crippen molar-refractivity contribution in [1.29, 1.82) is 0 Å². The van der Waals surface area contributed by atoms with Crippen LogP contribution in [0.5, 0.6) is 0 Å². The molecule has 10 nitrogen and oxygen atoms in total. The molecule has 3 heterocycles. The topological polar surface area (TPSA) is 144 Å². The molecule has 1 fully saturated rings. The maximum absolute atomic E-state index is 13.9. The Labute approximate surface area is 252 Å². The van der Waals surface area contributed by atoms with Gasteiger partial charge in [0, 0.05) is 30.8 Å². The van der Waals surface area contributed by atoms with Gasteiger partial charge in [0.1, 0.15) is 11.4 Å². The molecule has 1 aromatic carbocycles. The van der Waals surface area contributed by atoms with Gasteiger partial charge in [-0.25, -0.2) is 0 Å². The number of nitrogens with one attached hydrogen (secondary N) is 2. The van der Waals surface area contributed by atoms with Crippen LogP contribution in [0.3, 0.4) is 0 Å². The first-order valence-corrected chi connectivity index (χ1v) is 14.7. The molecule has 0 bridgehead atoms. The van der Waals surface area contributed by atoms with Crippen molar-refractivity contribution < 1.29 is 28.4 Å². The fraction of sp³-hybridized carbons (Fsp3) is 0.455. The number of aromatic nitrogens is 2. The normalized spacial score (nSPS) is 18.0. The number of rotatable bonds is 16. The summed E-state index contributed by atoms with van der Waals surface area (Å²) in [6.07, 6.45) is 4.71. The number of Topliss-reactive ketones (excluding diaryl/α,β-unsaturated/α-hetero) is 2. The second-order valence-electron chi connectivity index (χ2n) is 11.9. The lowest BCUT2D eigenvalue weighted by atomic mass is 9.88. The van der Waals surface area contributed by atoms with E-state index in [1.54, 1.807) is 38.4 Å². The standard InChI is InChI=1S/C33H40N4O6/c1-21(2)16-27(30(39)33(4)20-42-33)36-31(40)25(18-24-12-14-34-15-13-24)19-29(38)26(11-10-23-8-6-5-7-9-23)35-32(41)28-17-22(3)43-37-28/h5-9,12-15,17,21,25-27H,10-11,16,18-20H2,1-4H3,(H,35,41)(H,36,40)/t25-,26?,27?,33?/m1/s1. The van der Waals surface area contributed by atoms with Crippen molar-refractivity contribution in [3.63, 3.8) is 0 Å². The van der Waals surface area contributed by atoms with Gasteiger partial charge in [-0.1, -0.05) is 49.3 Å². The Bertz CT molecular complexity index is 1400. The van der Waals surface area contributed by atoms with Crippen molar-refractivity contribution in [3.8, 4) is 0 Å². The summed E-state index contributed by atoms with van der Waals surface area (Å²) in [4.78, 5) is 57.9. The van der Waals surface area contributed by atoms with Crippen LogP contribution in [0.2, 0.25) is 0 Å². The molecule has 1 aliphatic rings. The van der Waals surface area contributed by atoms with Crippen molar-refractivity contribution in [2.75, 3.05) is 6.61 Å². The highest BCUT2D eigenvalue weighted by molar-refractivity contribution is 5.99. The maximum Gasteiger partial charge on any atom is 0.274 e. The molecular formula is C33H40N4O6. The molecule has 10 heteroatoms. The molecule has 1 saturated heterocycles. The fourth-order valence-corrected chi connectivity index (χ4v) is 5.03. The monoisotopic (exact) mass is 588 g/mol. The second kappa shape index (κ2) is 14.3. The molecule has 0 spiro atoms. The first-order chi connectivity index (χ1) is 20.5. The highest BCUT2D eigenvalue weighted by Crippen LogP contribution is 2.30. The fourth-order valence-electron chi connectivity index (χ4n) is 5.03. The van der Waals surface area contributed by atoms with Crippen molar-refractivity contribution in [3.05, 3.63) is 83.5 Å². The molecule has 0 aliphatic carbocycles. The average Bonchev–Trinajstić information content (AvgIpc) is 3.59. The number of benzene rings is 1. The average molecular weight is 589 g/mol. The molecule has 4 rings (SSSR count). The first-order valence-electron chi connectivity index (χ1n) is 14.7.